The van der Waals surface area contributed by atoms with Crippen LogP contribution in [0.5, 0.6) is 0 Å². The minimum atomic E-state index is -0.405. The summed E-state index contributed by atoms with van der Waals surface area (Å²) in [5.41, 5.74) is 3.04. The average molecular weight is 323 g/mol. The van der Waals surface area contributed by atoms with Crippen LogP contribution in [0.15, 0.2) is 47.1 Å². The van der Waals surface area contributed by atoms with E-state index in [0.717, 1.165) is 11.1 Å². The molecule has 0 bridgehead atoms. The van der Waals surface area contributed by atoms with Gasteiger partial charge in [-0.05, 0) is 29.8 Å². The Morgan fingerprint density at radius 1 is 1.25 bits per heavy atom. The zero-order valence-corrected chi connectivity index (χ0v) is 12.7. The van der Waals surface area contributed by atoms with Crippen LogP contribution in [0.2, 0.25) is 0 Å². The number of furan rings is 1. The van der Waals surface area contributed by atoms with Crippen molar-refractivity contribution in [3.63, 3.8) is 0 Å². The van der Waals surface area contributed by atoms with Gasteiger partial charge in [0.15, 0.2) is 11.5 Å². The van der Waals surface area contributed by atoms with Gasteiger partial charge in [-0.1, -0.05) is 12.1 Å². The molecule has 1 aromatic carbocycles. The number of nitrogens with zero attached hydrogens (tertiary/aromatic N) is 1. The topological polar surface area (TPSA) is 97.2 Å². The van der Waals surface area contributed by atoms with Crippen molar-refractivity contribution >= 4 is 11.9 Å². The number of hydrogen-bond acceptors (Lipinski definition) is 5. The quantitative estimate of drug-likeness (QED) is 0.721. The number of ether oxygens (including phenoxy) is 1. The predicted molar refractivity (Wildman–Crippen MR) is 83.4 cm³/mol. The highest BCUT2D eigenvalue weighted by atomic mass is 16.5. The van der Waals surface area contributed by atoms with Gasteiger partial charge >= 0.3 is 5.97 Å². The molecule has 24 heavy (non-hydrogen) atoms. The lowest BCUT2D eigenvalue weighted by molar-refractivity contribution is 0.0600. The van der Waals surface area contributed by atoms with Gasteiger partial charge in [0, 0.05) is 5.56 Å². The standard InChI is InChI=1S/C17H13N3O4/c1-23-17(22)10-6-4-9(5-7-10)13-12-14(11-3-2-8-24-11)19-20-15(12)16(21)18-13/h2-8,13H,1H3,(H,18,21)(H,19,20). The Morgan fingerprint density at radius 3 is 2.71 bits per heavy atom. The van der Waals surface area contributed by atoms with E-state index in [4.69, 9.17) is 9.15 Å². The molecule has 4 rings (SSSR count). The Hall–Kier alpha value is -3.35. The van der Waals surface area contributed by atoms with E-state index in [9.17, 15) is 9.59 Å². The number of benzene rings is 1. The lowest BCUT2D eigenvalue weighted by atomic mass is 9.98. The molecular formula is C17H13N3O4. The van der Waals surface area contributed by atoms with Crippen LogP contribution in [-0.2, 0) is 4.74 Å². The van der Waals surface area contributed by atoms with Crippen LogP contribution in [0.4, 0.5) is 0 Å². The highest BCUT2D eigenvalue weighted by molar-refractivity contribution is 6.00. The molecule has 1 atom stereocenters. The number of amides is 1. The number of nitrogens with one attached hydrogen (secondary N) is 2. The van der Waals surface area contributed by atoms with E-state index >= 15 is 0 Å². The van der Waals surface area contributed by atoms with Crippen LogP contribution in [0.25, 0.3) is 11.5 Å². The maximum atomic E-state index is 12.2. The number of fused-ring (bicyclic) bond motifs is 1. The molecule has 2 N–H and O–H groups in total. The summed E-state index contributed by atoms with van der Waals surface area (Å²) in [6.07, 6.45) is 1.56. The Morgan fingerprint density at radius 2 is 2.04 bits per heavy atom. The monoisotopic (exact) mass is 323 g/mol. The van der Waals surface area contributed by atoms with E-state index in [0.29, 0.717) is 22.7 Å². The Labute approximate surface area is 136 Å². The highest BCUT2D eigenvalue weighted by Crippen LogP contribution is 2.37. The molecule has 0 spiro atoms. The van der Waals surface area contributed by atoms with Crippen LogP contribution in [0.1, 0.15) is 38.0 Å². The summed E-state index contributed by atoms with van der Waals surface area (Å²) in [6.45, 7) is 0. The van der Waals surface area contributed by atoms with Crippen LogP contribution < -0.4 is 5.32 Å². The highest BCUT2D eigenvalue weighted by Gasteiger charge is 2.36. The molecule has 7 heteroatoms. The molecule has 0 fully saturated rings. The van der Waals surface area contributed by atoms with Crippen LogP contribution >= 0.6 is 0 Å². The van der Waals surface area contributed by atoms with Crippen molar-refractivity contribution in [2.45, 2.75) is 6.04 Å². The van der Waals surface area contributed by atoms with Crippen molar-refractivity contribution in [3.05, 3.63) is 65.0 Å². The summed E-state index contributed by atoms with van der Waals surface area (Å²) in [6, 6.07) is 10.1. The first-order valence-corrected chi connectivity index (χ1v) is 7.30. The first-order valence-electron chi connectivity index (χ1n) is 7.30. The van der Waals surface area contributed by atoms with Gasteiger partial charge in [-0.15, -0.1) is 0 Å². The van der Waals surface area contributed by atoms with E-state index in [1.54, 1.807) is 42.7 Å². The normalized spacial score (nSPS) is 15.9. The first-order chi connectivity index (χ1) is 11.7. The molecule has 7 nitrogen and oxygen atoms in total. The van der Waals surface area contributed by atoms with Gasteiger partial charge in [0.1, 0.15) is 5.69 Å². The summed E-state index contributed by atoms with van der Waals surface area (Å²) in [5, 5.41) is 9.87. The van der Waals surface area contributed by atoms with Crippen molar-refractivity contribution in [3.8, 4) is 11.5 Å². The summed E-state index contributed by atoms with van der Waals surface area (Å²) >= 11 is 0. The van der Waals surface area contributed by atoms with Gasteiger partial charge in [0.2, 0.25) is 0 Å². The molecule has 0 radical (unpaired) electrons. The SMILES string of the molecule is COC(=O)c1ccc(C2NC(=O)c3n[nH]c(-c4ccco4)c32)cc1. The van der Waals surface area contributed by atoms with Crippen molar-refractivity contribution < 1.29 is 18.7 Å². The van der Waals surface area contributed by atoms with Gasteiger partial charge < -0.3 is 14.5 Å². The van der Waals surface area contributed by atoms with Crippen molar-refractivity contribution in [1.29, 1.82) is 0 Å². The predicted octanol–water partition coefficient (Wildman–Crippen LogP) is 2.29. The second-order valence-electron chi connectivity index (χ2n) is 5.36. The number of aromatic amines is 1. The summed E-state index contributed by atoms with van der Waals surface area (Å²) < 4.78 is 10.1. The van der Waals surface area contributed by atoms with E-state index in [2.05, 4.69) is 15.5 Å². The van der Waals surface area contributed by atoms with E-state index in [1.807, 2.05) is 0 Å². The Balaban J connectivity index is 1.76. The second-order valence-corrected chi connectivity index (χ2v) is 5.36. The average Bonchev–Trinajstić information content (AvgIpc) is 3.32. The van der Waals surface area contributed by atoms with Crippen LogP contribution in [0.3, 0.4) is 0 Å². The second kappa shape index (κ2) is 5.38. The third kappa shape index (κ3) is 2.10. The van der Waals surface area contributed by atoms with E-state index in [-0.39, 0.29) is 11.9 Å². The smallest absolute Gasteiger partial charge is 0.337 e. The molecule has 3 aromatic rings. The van der Waals surface area contributed by atoms with Crippen LogP contribution in [0, 0.1) is 0 Å². The summed E-state index contributed by atoms with van der Waals surface area (Å²) in [4.78, 5) is 23.7. The Kier molecular flexibility index (Phi) is 3.19. The van der Waals surface area contributed by atoms with E-state index < -0.39 is 5.97 Å². The molecule has 1 unspecified atom stereocenters. The number of hydrogen-bond donors (Lipinski definition) is 2. The lowest BCUT2D eigenvalue weighted by Crippen LogP contribution is -2.21. The van der Waals surface area contributed by atoms with Crippen molar-refractivity contribution in [2.24, 2.45) is 0 Å². The maximum absolute atomic E-state index is 12.2. The molecule has 1 aliphatic rings. The zero-order valence-electron chi connectivity index (χ0n) is 12.7. The lowest BCUT2D eigenvalue weighted by Gasteiger charge is -2.13. The molecule has 2 aromatic heterocycles. The summed E-state index contributed by atoms with van der Waals surface area (Å²) in [7, 11) is 1.33. The first kappa shape index (κ1) is 14.3. The molecular weight excluding hydrogens is 310 g/mol. The molecule has 1 amide bonds. The van der Waals surface area contributed by atoms with Crippen molar-refractivity contribution in [2.75, 3.05) is 7.11 Å². The third-order valence-corrected chi connectivity index (χ3v) is 4.02. The van der Waals surface area contributed by atoms with Gasteiger partial charge in [0.25, 0.3) is 5.91 Å². The number of methoxy groups -OCH3 is 1. The number of H-pyrrole nitrogens is 1. The summed E-state index contributed by atoms with van der Waals surface area (Å²) in [5.74, 6) is -0.0465. The van der Waals surface area contributed by atoms with Gasteiger partial charge in [0.05, 0.1) is 25.0 Å². The fraction of sp³-hybridized carbons (Fsp3) is 0.118. The number of carbonyl (C=O) groups is 2. The van der Waals surface area contributed by atoms with Gasteiger partial charge in [-0.2, -0.15) is 5.10 Å². The largest absolute Gasteiger partial charge is 0.465 e. The number of esters is 1. The maximum Gasteiger partial charge on any atom is 0.337 e. The zero-order chi connectivity index (χ0) is 16.7. The van der Waals surface area contributed by atoms with Gasteiger partial charge in [-0.25, -0.2) is 4.79 Å². The molecule has 0 saturated heterocycles. The van der Waals surface area contributed by atoms with Crippen LogP contribution in [-0.4, -0.2) is 29.2 Å². The fourth-order valence-corrected chi connectivity index (χ4v) is 2.86. The number of carbonyl (C=O) groups excluding carboxylic acids is 2. The van der Waals surface area contributed by atoms with E-state index in [1.165, 1.54) is 7.11 Å². The number of rotatable bonds is 3. The third-order valence-electron chi connectivity index (χ3n) is 4.02. The molecule has 1 aliphatic heterocycles. The van der Waals surface area contributed by atoms with Gasteiger partial charge in [-0.3, -0.25) is 9.89 Å². The van der Waals surface area contributed by atoms with Crippen molar-refractivity contribution in [1.82, 2.24) is 15.5 Å². The number of aromatic nitrogens is 2. The fourth-order valence-electron chi connectivity index (χ4n) is 2.86. The molecule has 3 heterocycles. The molecule has 120 valence electrons. The molecule has 0 aliphatic carbocycles. The minimum Gasteiger partial charge on any atom is -0.465 e. The Bertz CT molecular complexity index is 910. The minimum absolute atomic E-state index is 0.249. The molecule has 0 saturated carbocycles.